The van der Waals surface area contributed by atoms with Gasteiger partial charge in [-0.3, -0.25) is 19.2 Å². The summed E-state index contributed by atoms with van der Waals surface area (Å²) in [7, 11) is 0. The molecule has 0 fully saturated rings. The monoisotopic (exact) mass is 506 g/mol. The van der Waals surface area contributed by atoms with E-state index in [1.54, 1.807) is 44.2 Å². The van der Waals surface area contributed by atoms with Crippen LogP contribution in [0.1, 0.15) is 53.7 Å². The van der Waals surface area contributed by atoms with Gasteiger partial charge in [0, 0.05) is 19.9 Å². The van der Waals surface area contributed by atoms with Crippen molar-refractivity contribution in [1.29, 1.82) is 0 Å². The molecule has 1 heterocycles. The number of aryl methyl sites for hydroxylation is 1. The number of esters is 1. The molecule has 1 unspecified atom stereocenters. The number of aliphatic carboxylic acids is 1. The number of aromatic nitrogens is 1. The quantitative estimate of drug-likeness (QED) is 0.179. The maximum Gasteiger partial charge on any atom is 0.305 e. The third-order valence-electron chi connectivity index (χ3n) is 4.12. The maximum absolute atomic E-state index is 12.3. The first kappa shape index (κ1) is 29.0. The van der Waals surface area contributed by atoms with Crippen molar-refractivity contribution in [2.75, 3.05) is 13.2 Å². The van der Waals surface area contributed by atoms with E-state index in [4.69, 9.17) is 16.6 Å². The van der Waals surface area contributed by atoms with E-state index >= 15 is 0 Å². The first-order chi connectivity index (χ1) is 16.5. The van der Waals surface area contributed by atoms with Gasteiger partial charge >= 0.3 is 11.9 Å². The first-order valence-corrected chi connectivity index (χ1v) is 11.4. The second kappa shape index (κ2) is 15.0. The zero-order valence-electron chi connectivity index (χ0n) is 19.7. The topological polar surface area (TPSA) is 199 Å². The molecule has 190 valence electrons. The van der Waals surface area contributed by atoms with Crippen LogP contribution in [-0.4, -0.2) is 53.0 Å². The summed E-state index contributed by atoms with van der Waals surface area (Å²) < 4.78 is 4.40. The Balaban J connectivity index is 0.000000905. The van der Waals surface area contributed by atoms with Gasteiger partial charge in [0.05, 0.1) is 24.8 Å². The molecule has 1 aromatic carbocycles. The number of nitrogens with zero attached hydrogens (tertiary/aromatic N) is 2. The van der Waals surface area contributed by atoms with Crippen molar-refractivity contribution in [3.05, 3.63) is 46.5 Å². The number of nitrogens with two attached hydrogens (primary N) is 2. The summed E-state index contributed by atoms with van der Waals surface area (Å²) >= 11 is 1.03. The van der Waals surface area contributed by atoms with Crippen LogP contribution in [0.3, 0.4) is 0 Å². The SMILES string of the molecule is CCOC(C)=O.Cc1nc(N=C(N)N)sc1C(=O)NCCC(=O)NC(CC(=O)O)c1ccccc1. The summed E-state index contributed by atoms with van der Waals surface area (Å²) in [6, 6.07) is 8.18. The third kappa shape index (κ3) is 11.6. The van der Waals surface area contributed by atoms with E-state index in [2.05, 4.69) is 25.3 Å². The van der Waals surface area contributed by atoms with Gasteiger partial charge in [-0.1, -0.05) is 41.7 Å². The molecule has 0 radical (unpaired) electrons. The molecule has 0 spiro atoms. The van der Waals surface area contributed by atoms with Crippen LogP contribution in [0.2, 0.25) is 0 Å². The number of benzene rings is 1. The number of carboxylic acid groups (broad SMARTS) is 1. The van der Waals surface area contributed by atoms with Crippen LogP contribution in [0.4, 0.5) is 5.13 Å². The summed E-state index contributed by atoms with van der Waals surface area (Å²) in [5.74, 6) is -2.16. The molecule has 2 amide bonds. The number of carboxylic acids is 1. The Bertz CT molecular complexity index is 1040. The fraction of sp³-hybridized carbons (Fsp3) is 0.364. The Hall–Kier alpha value is -4.00. The number of rotatable bonds is 10. The Morgan fingerprint density at radius 1 is 1.20 bits per heavy atom. The van der Waals surface area contributed by atoms with Crippen LogP contribution in [0.15, 0.2) is 35.3 Å². The fourth-order valence-corrected chi connectivity index (χ4v) is 3.58. The Kier molecular flexibility index (Phi) is 12.4. The number of hydrogen-bond acceptors (Lipinski definition) is 8. The Morgan fingerprint density at radius 3 is 2.37 bits per heavy atom. The minimum Gasteiger partial charge on any atom is -0.481 e. The number of amides is 2. The average molecular weight is 507 g/mol. The van der Waals surface area contributed by atoms with Gasteiger partial charge in [0.1, 0.15) is 4.88 Å². The zero-order valence-corrected chi connectivity index (χ0v) is 20.6. The van der Waals surface area contributed by atoms with Gasteiger partial charge in [0.15, 0.2) is 5.96 Å². The number of nitrogens with one attached hydrogen (secondary N) is 2. The van der Waals surface area contributed by atoms with Gasteiger partial charge in [-0.05, 0) is 19.4 Å². The summed E-state index contributed by atoms with van der Waals surface area (Å²) in [4.78, 5) is 53.6. The molecule has 0 bridgehead atoms. The normalized spacial score (nSPS) is 10.7. The smallest absolute Gasteiger partial charge is 0.305 e. The van der Waals surface area contributed by atoms with Gasteiger partial charge in [-0.25, -0.2) is 4.98 Å². The number of guanidine groups is 1. The van der Waals surface area contributed by atoms with Crippen LogP contribution in [0.25, 0.3) is 0 Å². The molecule has 0 saturated carbocycles. The predicted octanol–water partition coefficient (Wildman–Crippen LogP) is 1.38. The van der Waals surface area contributed by atoms with Crippen molar-refractivity contribution in [3.63, 3.8) is 0 Å². The van der Waals surface area contributed by atoms with E-state index in [0.29, 0.717) is 22.7 Å². The molecule has 35 heavy (non-hydrogen) atoms. The van der Waals surface area contributed by atoms with Crippen LogP contribution in [-0.2, 0) is 19.1 Å². The van der Waals surface area contributed by atoms with Gasteiger partial charge < -0.3 is 31.9 Å². The standard InChI is InChI=1S/C18H22N6O4S.C4H8O2/c1-10-15(29-18(22-10)24-17(19)20)16(28)21-8-7-13(25)23-12(9-14(26)27)11-5-3-2-4-6-11;1-3-6-4(2)5/h2-6,12H,7-9H2,1H3,(H,21,28)(H,23,25)(H,26,27)(H4,19,20,22,24);3H2,1-2H3. The summed E-state index contributed by atoms with van der Waals surface area (Å²) in [6.07, 6.45) is -0.247. The largest absolute Gasteiger partial charge is 0.481 e. The van der Waals surface area contributed by atoms with Crippen LogP contribution < -0.4 is 22.1 Å². The summed E-state index contributed by atoms with van der Waals surface area (Å²) in [6.45, 7) is 5.38. The molecule has 1 aromatic heterocycles. The van der Waals surface area contributed by atoms with Crippen molar-refractivity contribution in [2.24, 2.45) is 16.5 Å². The lowest BCUT2D eigenvalue weighted by atomic mass is 10.0. The van der Waals surface area contributed by atoms with E-state index in [9.17, 15) is 19.2 Å². The maximum atomic E-state index is 12.3. The Labute approximate surface area is 206 Å². The van der Waals surface area contributed by atoms with Crippen LogP contribution in [0, 0.1) is 6.92 Å². The number of carbonyl (C=O) groups excluding carboxylic acids is 3. The molecular weight excluding hydrogens is 476 g/mol. The molecule has 2 rings (SSSR count). The lowest BCUT2D eigenvalue weighted by molar-refractivity contribution is -0.140. The Morgan fingerprint density at radius 2 is 1.86 bits per heavy atom. The van der Waals surface area contributed by atoms with Gasteiger partial charge in [-0.2, -0.15) is 4.99 Å². The molecule has 2 aromatic rings. The van der Waals surface area contributed by atoms with E-state index in [1.807, 2.05) is 0 Å². The molecule has 0 saturated heterocycles. The molecule has 0 aliphatic heterocycles. The van der Waals surface area contributed by atoms with Crippen LogP contribution >= 0.6 is 11.3 Å². The van der Waals surface area contributed by atoms with Gasteiger partial charge in [0.25, 0.3) is 5.91 Å². The summed E-state index contributed by atoms with van der Waals surface area (Å²) in [5.41, 5.74) is 11.8. The zero-order chi connectivity index (χ0) is 26.4. The second-order valence-corrected chi connectivity index (χ2v) is 7.98. The lowest BCUT2D eigenvalue weighted by Crippen LogP contribution is -2.33. The lowest BCUT2D eigenvalue weighted by Gasteiger charge is -2.17. The summed E-state index contributed by atoms with van der Waals surface area (Å²) in [5, 5.41) is 14.7. The predicted molar refractivity (Wildman–Crippen MR) is 131 cm³/mol. The van der Waals surface area contributed by atoms with Crippen molar-refractivity contribution in [1.82, 2.24) is 15.6 Å². The highest BCUT2D eigenvalue weighted by Gasteiger charge is 2.19. The number of ether oxygens (including phenoxy) is 1. The molecule has 1 atom stereocenters. The number of carbonyl (C=O) groups is 4. The van der Waals surface area contributed by atoms with Gasteiger partial charge in [-0.15, -0.1) is 0 Å². The number of aliphatic imine (C=N–C) groups is 1. The molecule has 7 N–H and O–H groups in total. The van der Waals surface area contributed by atoms with E-state index in [-0.39, 0.29) is 42.4 Å². The van der Waals surface area contributed by atoms with Crippen molar-refractivity contribution < 1.29 is 29.0 Å². The van der Waals surface area contributed by atoms with Crippen molar-refractivity contribution >= 4 is 46.2 Å². The second-order valence-electron chi connectivity index (χ2n) is 7.01. The van der Waals surface area contributed by atoms with E-state index < -0.39 is 17.9 Å². The fourth-order valence-electron chi connectivity index (χ4n) is 2.70. The highest BCUT2D eigenvalue weighted by molar-refractivity contribution is 7.17. The molecule has 0 aliphatic rings. The first-order valence-electron chi connectivity index (χ1n) is 10.6. The van der Waals surface area contributed by atoms with Gasteiger partial charge in [0.2, 0.25) is 11.0 Å². The van der Waals surface area contributed by atoms with Crippen LogP contribution in [0.5, 0.6) is 0 Å². The molecule has 13 heteroatoms. The molecule has 0 aliphatic carbocycles. The molecular formula is C22H30N6O6S. The molecule has 12 nitrogen and oxygen atoms in total. The number of thiazole rings is 1. The minimum absolute atomic E-state index is 0.00664. The highest BCUT2D eigenvalue weighted by atomic mass is 32.1. The minimum atomic E-state index is -1.02. The third-order valence-corrected chi connectivity index (χ3v) is 5.17. The van der Waals surface area contributed by atoms with Crippen molar-refractivity contribution in [3.8, 4) is 0 Å². The average Bonchev–Trinajstić information content (AvgIpc) is 3.13. The van der Waals surface area contributed by atoms with Crippen molar-refractivity contribution in [2.45, 2.75) is 39.7 Å². The van der Waals surface area contributed by atoms with E-state index in [0.717, 1.165) is 11.3 Å². The van der Waals surface area contributed by atoms with E-state index in [1.165, 1.54) is 6.92 Å². The highest BCUT2D eigenvalue weighted by Crippen LogP contribution is 2.24. The number of hydrogen-bond donors (Lipinski definition) is 5.